The topological polar surface area (TPSA) is 41.3 Å². The largest absolute Gasteiger partial charge is 0.368 e. The molecule has 2 rings (SSSR count). The van der Waals surface area contributed by atoms with E-state index in [1.165, 1.54) is 5.56 Å². The Labute approximate surface area is 90.6 Å². The molecule has 0 fully saturated rings. The van der Waals surface area contributed by atoms with Crippen molar-refractivity contribution < 1.29 is 0 Å². The van der Waals surface area contributed by atoms with E-state index in [9.17, 15) is 0 Å². The summed E-state index contributed by atoms with van der Waals surface area (Å²) in [6, 6.07) is 8.36. The number of hydrogen-bond donors (Lipinski definition) is 2. The Morgan fingerprint density at radius 3 is 2.53 bits per heavy atom. The molecule has 1 aromatic carbocycles. The summed E-state index contributed by atoms with van der Waals surface area (Å²) in [7, 11) is 2.02. The minimum absolute atomic E-state index is 0.00870. The third kappa shape index (κ3) is 1.97. The summed E-state index contributed by atoms with van der Waals surface area (Å²) in [4.78, 5) is 2.09. The third-order valence-electron chi connectivity index (χ3n) is 2.82. The second-order valence-corrected chi connectivity index (χ2v) is 4.03. The van der Waals surface area contributed by atoms with Gasteiger partial charge in [-0.3, -0.25) is 0 Å². The van der Waals surface area contributed by atoms with Gasteiger partial charge in [-0.1, -0.05) is 29.8 Å². The zero-order chi connectivity index (χ0) is 10.8. The van der Waals surface area contributed by atoms with Crippen molar-refractivity contribution in [2.75, 3.05) is 7.05 Å². The first-order valence-corrected chi connectivity index (χ1v) is 5.15. The smallest absolute Gasteiger partial charge is 0.118 e. The molecule has 0 radical (unpaired) electrons. The van der Waals surface area contributed by atoms with Crippen LogP contribution in [0.25, 0.3) is 0 Å². The minimum atomic E-state index is -0.00870. The van der Waals surface area contributed by atoms with Gasteiger partial charge in [0.2, 0.25) is 0 Å². The highest BCUT2D eigenvalue weighted by molar-refractivity contribution is 5.25. The van der Waals surface area contributed by atoms with Gasteiger partial charge in [-0.25, -0.2) is 0 Å². The fraction of sp³-hybridized carbons (Fsp3) is 0.333. The van der Waals surface area contributed by atoms with E-state index in [1.54, 1.807) is 0 Å². The molecule has 1 unspecified atom stereocenters. The van der Waals surface area contributed by atoms with Crippen LogP contribution >= 0.6 is 0 Å². The van der Waals surface area contributed by atoms with Crippen molar-refractivity contribution in [3.63, 3.8) is 0 Å². The highest BCUT2D eigenvalue weighted by Crippen LogP contribution is 2.19. The molecule has 80 valence electrons. The van der Waals surface area contributed by atoms with Crippen LogP contribution in [0, 0.1) is 6.92 Å². The van der Waals surface area contributed by atoms with E-state index in [0.717, 1.165) is 5.56 Å². The van der Waals surface area contributed by atoms with Gasteiger partial charge in [-0.2, -0.15) is 0 Å². The quantitative estimate of drug-likeness (QED) is 0.762. The van der Waals surface area contributed by atoms with Crippen LogP contribution in [0.3, 0.4) is 0 Å². The summed E-state index contributed by atoms with van der Waals surface area (Å²) in [5, 5.41) is 3.24. The molecule has 3 N–H and O–H groups in total. The standard InChI is InChI=1S/C12H17N3/c1-9-3-5-10(6-4-9)11(13)12-14-7-8-15(12)2/h3-8,11-12,14H,13H2,1-2H3/t11-,12?/m0/s1. The molecule has 0 aromatic heterocycles. The number of nitrogens with two attached hydrogens (primary N) is 1. The van der Waals surface area contributed by atoms with Crippen LogP contribution in [-0.2, 0) is 0 Å². The molecule has 1 heterocycles. The molecule has 3 heteroatoms. The van der Waals surface area contributed by atoms with Crippen LogP contribution in [0.5, 0.6) is 0 Å². The van der Waals surface area contributed by atoms with E-state index in [4.69, 9.17) is 5.73 Å². The van der Waals surface area contributed by atoms with Crippen molar-refractivity contribution in [1.82, 2.24) is 10.2 Å². The minimum Gasteiger partial charge on any atom is -0.368 e. The van der Waals surface area contributed by atoms with Crippen LogP contribution in [0.2, 0.25) is 0 Å². The van der Waals surface area contributed by atoms with E-state index in [-0.39, 0.29) is 12.2 Å². The molecule has 0 spiro atoms. The first kappa shape index (κ1) is 10.1. The molecule has 0 aliphatic carbocycles. The predicted octanol–water partition coefficient (Wildman–Crippen LogP) is 1.33. The monoisotopic (exact) mass is 203 g/mol. The first-order valence-electron chi connectivity index (χ1n) is 5.15. The lowest BCUT2D eigenvalue weighted by Crippen LogP contribution is -2.42. The number of nitrogens with zero attached hydrogens (tertiary/aromatic N) is 1. The summed E-state index contributed by atoms with van der Waals surface area (Å²) >= 11 is 0. The molecule has 0 bridgehead atoms. The number of rotatable bonds is 2. The number of benzene rings is 1. The van der Waals surface area contributed by atoms with Crippen LogP contribution in [0.4, 0.5) is 0 Å². The number of likely N-dealkylation sites (N-methyl/N-ethyl adjacent to an activating group) is 1. The Balaban J connectivity index is 2.14. The second kappa shape index (κ2) is 3.95. The Bertz CT molecular complexity index is 356. The van der Waals surface area contributed by atoms with Gasteiger partial charge in [0.1, 0.15) is 6.17 Å². The molecular weight excluding hydrogens is 186 g/mol. The molecule has 2 atom stereocenters. The van der Waals surface area contributed by atoms with Gasteiger partial charge in [-0.05, 0) is 12.5 Å². The SMILES string of the molecule is Cc1ccc([C@H](N)C2NC=CN2C)cc1. The van der Waals surface area contributed by atoms with E-state index >= 15 is 0 Å². The van der Waals surface area contributed by atoms with Gasteiger partial charge in [0.15, 0.2) is 0 Å². The van der Waals surface area contributed by atoms with Crippen molar-refractivity contribution in [3.8, 4) is 0 Å². The van der Waals surface area contributed by atoms with Gasteiger partial charge in [-0.15, -0.1) is 0 Å². The lowest BCUT2D eigenvalue weighted by molar-refractivity contribution is 0.285. The average molecular weight is 203 g/mol. The molecule has 1 aromatic rings. The van der Waals surface area contributed by atoms with Gasteiger partial charge < -0.3 is 16.0 Å². The highest BCUT2D eigenvalue weighted by atomic mass is 15.3. The first-order chi connectivity index (χ1) is 7.18. The summed E-state index contributed by atoms with van der Waals surface area (Å²) < 4.78 is 0. The summed E-state index contributed by atoms with van der Waals surface area (Å²) in [5.41, 5.74) is 8.62. The van der Waals surface area contributed by atoms with Gasteiger partial charge in [0.05, 0.1) is 6.04 Å². The highest BCUT2D eigenvalue weighted by Gasteiger charge is 2.23. The fourth-order valence-electron chi connectivity index (χ4n) is 1.80. The molecule has 1 aliphatic heterocycles. The van der Waals surface area contributed by atoms with Crippen molar-refractivity contribution >= 4 is 0 Å². The predicted molar refractivity (Wildman–Crippen MR) is 61.9 cm³/mol. The second-order valence-electron chi connectivity index (χ2n) is 4.03. The Morgan fingerprint density at radius 2 is 2.00 bits per heavy atom. The van der Waals surface area contributed by atoms with Crippen LogP contribution in [0.1, 0.15) is 17.2 Å². The number of nitrogens with one attached hydrogen (secondary N) is 1. The lowest BCUT2D eigenvalue weighted by atomic mass is 10.0. The summed E-state index contributed by atoms with van der Waals surface area (Å²) in [6.45, 7) is 2.08. The number of aryl methyl sites for hydroxylation is 1. The van der Waals surface area contributed by atoms with Gasteiger partial charge >= 0.3 is 0 Å². The summed E-state index contributed by atoms with van der Waals surface area (Å²) in [6.07, 6.45) is 4.09. The third-order valence-corrected chi connectivity index (χ3v) is 2.82. The molecule has 3 nitrogen and oxygen atoms in total. The zero-order valence-corrected chi connectivity index (χ0v) is 9.14. The van der Waals surface area contributed by atoms with Crippen molar-refractivity contribution in [2.45, 2.75) is 19.1 Å². The van der Waals surface area contributed by atoms with E-state index in [2.05, 4.69) is 41.4 Å². The molecule has 0 amide bonds. The maximum absolute atomic E-state index is 6.20. The molecule has 0 saturated carbocycles. The lowest BCUT2D eigenvalue weighted by Gasteiger charge is -2.27. The normalized spacial score (nSPS) is 21.5. The van der Waals surface area contributed by atoms with Crippen molar-refractivity contribution in [1.29, 1.82) is 0 Å². The molecular formula is C12H17N3. The Hall–Kier alpha value is -1.48. The van der Waals surface area contributed by atoms with E-state index in [0.29, 0.717) is 0 Å². The fourth-order valence-corrected chi connectivity index (χ4v) is 1.80. The van der Waals surface area contributed by atoms with Crippen LogP contribution in [-0.4, -0.2) is 18.1 Å². The average Bonchev–Trinajstić information content (AvgIpc) is 2.65. The number of hydrogen-bond acceptors (Lipinski definition) is 3. The maximum atomic E-state index is 6.20. The van der Waals surface area contributed by atoms with E-state index in [1.807, 2.05) is 19.4 Å². The summed E-state index contributed by atoms with van der Waals surface area (Å²) in [5.74, 6) is 0. The van der Waals surface area contributed by atoms with Gasteiger partial charge in [0, 0.05) is 19.4 Å². The zero-order valence-electron chi connectivity index (χ0n) is 9.14. The molecule has 1 aliphatic rings. The van der Waals surface area contributed by atoms with E-state index < -0.39 is 0 Å². The molecule has 15 heavy (non-hydrogen) atoms. The maximum Gasteiger partial charge on any atom is 0.118 e. The molecule has 0 saturated heterocycles. The Kier molecular flexibility index (Phi) is 2.64. The van der Waals surface area contributed by atoms with Crippen molar-refractivity contribution in [2.24, 2.45) is 5.73 Å². The van der Waals surface area contributed by atoms with Crippen LogP contribution in [0.15, 0.2) is 36.7 Å². The van der Waals surface area contributed by atoms with Gasteiger partial charge in [0.25, 0.3) is 0 Å². The Morgan fingerprint density at radius 1 is 1.33 bits per heavy atom. The van der Waals surface area contributed by atoms with Crippen LogP contribution < -0.4 is 11.1 Å². The van der Waals surface area contributed by atoms with Crippen molar-refractivity contribution in [3.05, 3.63) is 47.8 Å².